The number of benzene rings is 2. The third-order valence-corrected chi connectivity index (χ3v) is 3.58. The Labute approximate surface area is 136 Å². The van der Waals surface area contributed by atoms with Gasteiger partial charge in [-0.05, 0) is 24.3 Å². The summed E-state index contributed by atoms with van der Waals surface area (Å²) in [6, 6.07) is 11.5. The molecular weight excluding hydrogens is 323 g/mol. The molecule has 3 aromatic rings. The first-order valence-electron chi connectivity index (χ1n) is 6.75. The molecule has 0 aliphatic carbocycles. The largest absolute Gasteiger partial charge is 0.465 e. The van der Waals surface area contributed by atoms with E-state index in [9.17, 15) is 9.18 Å². The van der Waals surface area contributed by atoms with Crippen LogP contribution in [-0.4, -0.2) is 13.1 Å². The van der Waals surface area contributed by atoms with Gasteiger partial charge in [0.2, 0.25) is 0 Å². The van der Waals surface area contributed by atoms with E-state index in [1.807, 2.05) is 0 Å². The average molecular weight is 335 g/mol. The molecule has 0 fully saturated rings. The number of halogens is 2. The number of carbonyl (C=O) groups excluding carboxylic acids is 1. The predicted molar refractivity (Wildman–Crippen MR) is 83.9 cm³/mol. The molecule has 0 unspecified atom stereocenters. The van der Waals surface area contributed by atoms with Crippen molar-refractivity contribution in [3.63, 3.8) is 0 Å². The number of hydrogen-bond acceptors (Lipinski definition) is 4. The van der Waals surface area contributed by atoms with E-state index in [2.05, 4.69) is 4.74 Å². The zero-order valence-corrected chi connectivity index (χ0v) is 12.9. The van der Waals surface area contributed by atoms with Gasteiger partial charge in [-0.3, -0.25) is 0 Å². The Hall–Kier alpha value is -2.53. The summed E-state index contributed by atoms with van der Waals surface area (Å²) in [7, 11) is 1.28. The van der Waals surface area contributed by atoms with E-state index in [0.29, 0.717) is 17.1 Å². The van der Waals surface area contributed by atoms with Crippen LogP contribution < -0.4 is 4.74 Å². The van der Waals surface area contributed by atoms with Crippen LogP contribution in [0.3, 0.4) is 0 Å². The fourth-order valence-electron chi connectivity index (χ4n) is 2.20. The lowest BCUT2D eigenvalue weighted by atomic mass is 10.2. The van der Waals surface area contributed by atoms with Crippen LogP contribution in [0, 0.1) is 0 Å². The molecule has 118 valence electrons. The van der Waals surface area contributed by atoms with Crippen LogP contribution in [0.5, 0.6) is 11.5 Å². The monoisotopic (exact) mass is 334 g/mol. The van der Waals surface area contributed by atoms with Crippen molar-refractivity contribution in [2.75, 3.05) is 7.11 Å². The number of ether oxygens (including phenoxy) is 2. The molecule has 0 bridgehead atoms. The molecule has 0 radical (unpaired) electrons. The van der Waals surface area contributed by atoms with Crippen molar-refractivity contribution in [2.45, 2.75) is 6.67 Å². The van der Waals surface area contributed by atoms with E-state index >= 15 is 0 Å². The smallest absolute Gasteiger partial charge is 0.339 e. The van der Waals surface area contributed by atoms with Gasteiger partial charge in [0, 0.05) is 11.5 Å². The summed E-state index contributed by atoms with van der Waals surface area (Å²) in [5.74, 6) is 0.565. The van der Waals surface area contributed by atoms with Crippen molar-refractivity contribution >= 4 is 28.5 Å². The molecule has 3 rings (SSSR count). The maximum Gasteiger partial charge on any atom is 0.339 e. The first-order valence-corrected chi connectivity index (χ1v) is 7.13. The second-order valence-electron chi connectivity index (χ2n) is 4.76. The molecule has 4 nitrogen and oxygen atoms in total. The Balaban J connectivity index is 1.94. The minimum Gasteiger partial charge on any atom is -0.465 e. The molecule has 1 aromatic heterocycles. The van der Waals surface area contributed by atoms with Crippen LogP contribution in [0.4, 0.5) is 4.39 Å². The Morgan fingerprint density at radius 3 is 2.78 bits per heavy atom. The number of methoxy groups -OCH3 is 1. The molecule has 1 heterocycles. The zero-order valence-electron chi connectivity index (χ0n) is 12.1. The van der Waals surface area contributed by atoms with Crippen molar-refractivity contribution in [1.82, 2.24) is 0 Å². The van der Waals surface area contributed by atoms with E-state index in [1.165, 1.54) is 19.2 Å². The SMILES string of the molecule is COC(=O)c1ccc(Oc2cccc3cc(CF)oc23)cc1Cl. The summed E-state index contributed by atoms with van der Waals surface area (Å²) in [6.45, 7) is -0.687. The quantitative estimate of drug-likeness (QED) is 0.620. The van der Waals surface area contributed by atoms with E-state index in [1.54, 1.807) is 30.3 Å². The van der Waals surface area contributed by atoms with Gasteiger partial charge in [-0.15, -0.1) is 0 Å². The summed E-state index contributed by atoms with van der Waals surface area (Å²) >= 11 is 6.06. The van der Waals surface area contributed by atoms with Gasteiger partial charge in [0.1, 0.15) is 18.2 Å². The fraction of sp³-hybridized carbons (Fsp3) is 0.118. The van der Waals surface area contributed by atoms with Gasteiger partial charge in [-0.1, -0.05) is 23.7 Å². The lowest BCUT2D eigenvalue weighted by molar-refractivity contribution is 0.0601. The van der Waals surface area contributed by atoms with Gasteiger partial charge in [-0.25, -0.2) is 9.18 Å². The first kappa shape index (κ1) is 15.4. The molecule has 0 atom stereocenters. The summed E-state index contributed by atoms with van der Waals surface area (Å²) < 4.78 is 28.5. The normalized spacial score (nSPS) is 10.7. The van der Waals surface area contributed by atoms with Crippen LogP contribution in [0.15, 0.2) is 46.9 Å². The highest BCUT2D eigenvalue weighted by molar-refractivity contribution is 6.33. The molecule has 0 amide bonds. The van der Waals surface area contributed by atoms with Crippen LogP contribution in [0.2, 0.25) is 5.02 Å². The third kappa shape index (κ3) is 3.00. The Bertz CT molecular complexity index is 872. The highest BCUT2D eigenvalue weighted by Crippen LogP contribution is 2.33. The fourth-order valence-corrected chi connectivity index (χ4v) is 2.45. The van der Waals surface area contributed by atoms with Crippen molar-refractivity contribution in [3.8, 4) is 11.5 Å². The zero-order chi connectivity index (χ0) is 16.4. The topological polar surface area (TPSA) is 48.7 Å². The second kappa shape index (κ2) is 6.30. The van der Waals surface area contributed by atoms with Crippen LogP contribution in [0.1, 0.15) is 16.1 Å². The number of furan rings is 1. The molecule has 0 saturated carbocycles. The van der Waals surface area contributed by atoms with Crippen LogP contribution in [-0.2, 0) is 11.4 Å². The number of esters is 1. The Morgan fingerprint density at radius 1 is 1.26 bits per heavy atom. The summed E-state index contributed by atoms with van der Waals surface area (Å²) in [5.41, 5.74) is 0.700. The van der Waals surface area contributed by atoms with Gasteiger partial charge in [-0.2, -0.15) is 0 Å². The van der Waals surface area contributed by atoms with Crippen LogP contribution in [0.25, 0.3) is 11.0 Å². The minimum absolute atomic E-state index is 0.213. The van der Waals surface area contributed by atoms with E-state index < -0.39 is 12.6 Å². The number of carbonyl (C=O) groups is 1. The predicted octanol–water partition coefficient (Wildman–Crippen LogP) is 5.13. The highest BCUT2D eigenvalue weighted by Gasteiger charge is 2.13. The van der Waals surface area contributed by atoms with Gasteiger partial charge in [0.25, 0.3) is 0 Å². The molecule has 0 saturated heterocycles. The molecular formula is C17H12ClFO4. The molecule has 6 heteroatoms. The molecule has 0 N–H and O–H groups in total. The Kier molecular flexibility index (Phi) is 4.21. The number of alkyl halides is 1. The first-order chi connectivity index (χ1) is 11.1. The van der Waals surface area contributed by atoms with Gasteiger partial charge >= 0.3 is 5.97 Å². The molecule has 0 aliphatic rings. The molecule has 0 aliphatic heterocycles. The van der Waals surface area contributed by atoms with Gasteiger partial charge < -0.3 is 13.9 Å². The average Bonchev–Trinajstić information content (AvgIpc) is 2.99. The standard InChI is InChI=1S/C17H12ClFO4/c1-21-17(20)13-6-5-11(8-14(13)18)22-15-4-2-3-10-7-12(9-19)23-16(10)15/h2-8H,9H2,1H3. The highest BCUT2D eigenvalue weighted by atomic mass is 35.5. The van der Waals surface area contributed by atoms with E-state index in [0.717, 1.165) is 5.39 Å². The maximum atomic E-state index is 12.7. The summed E-state index contributed by atoms with van der Waals surface area (Å²) in [5, 5.41) is 0.956. The van der Waals surface area contributed by atoms with E-state index in [4.69, 9.17) is 20.8 Å². The summed E-state index contributed by atoms with van der Waals surface area (Å²) in [4.78, 5) is 11.5. The van der Waals surface area contributed by atoms with Crippen molar-refractivity contribution in [2.24, 2.45) is 0 Å². The van der Waals surface area contributed by atoms with Crippen molar-refractivity contribution in [3.05, 3.63) is 58.8 Å². The van der Waals surface area contributed by atoms with Crippen LogP contribution >= 0.6 is 11.6 Å². The summed E-state index contributed by atoms with van der Waals surface area (Å²) in [6.07, 6.45) is 0. The third-order valence-electron chi connectivity index (χ3n) is 3.26. The lowest BCUT2D eigenvalue weighted by Gasteiger charge is -2.08. The van der Waals surface area contributed by atoms with Gasteiger partial charge in [0.05, 0.1) is 17.7 Å². The number of hydrogen-bond donors (Lipinski definition) is 0. The van der Waals surface area contributed by atoms with Crippen molar-refractivity contribution in [1.29, 1.82) is 0 Å². The molecule has 23 heavy (non-hydrogen) atoms. The van der Waals surface area contributed by atoms with Crippen molar-refractivity contribution < 1.29 is 23.1 Å². The Morgan fingerprint density at radius 2 is 2.09 bits per heavy atom. The minimum atomic E-state index is -0.687. The number of fused-ring (bicyclic) bond motifs is 1. The maximum absolute atomic E-state index is 12.7. The van der Waals surface area contributed by atoms with Gasteiger partial charge in [0.15, 0.2) is 11.3 Å². The number of rotatable bonds is 4. The van der Waals surface area contributed by atoms with E-state index in [-0.39, 0.29) is 16.3 Å². The molecule has 0 spiro atoms. The second-order valence-corrected chi connectivity index (χ2v) is 5.16. The number of para-hydroxylation sites is 1. The lowest BCUT2D eigenvalue weighted by Crippen LogP contribution is -2.01. The molecule has 2 aromatic carbocycles.